The number of carbonyl (C=O) groups is 2. The van der Waals surface area contributed by atoms with Crippen LogP contribution in [-0.2, 0) is 41.6 Å². The molecular formula is C99H105N19O7. The summed E-state index contributed by atoms with van der Waals surface area (Å²) in [7, 11) is 0. The Hall–Kier alpha value is -13.6. The molecule has 26 nitrogen and oxygen atoms in total. The van der Waals surface area contributed by atoms with Gasteiger partial charge in [-0.15, -0.1) is 0 Å². The van der Waals surface area contributed by atoms with Gasteiger partial charge in [-0.25, -0.2) is 53.4 Å². The van der Waals surface area contributed by atoms with Crippen molar-refractivity contribution in [2.75, 3.05) is 41.4 Å². The Morgan fingerprint density at radius 2 is 0.920 bits per heavy atom. The molecule has 0 aliphatic heterocycles. The van der Waals surface area contributed by atoms with Crippen molar-refractivity contribution in [3.63, 3.8) is 0 Å². The standard InChI is InChI=1S/C24H32N2.C21H20N6O3.C20H19N5O.C20H21N.C14H13N5O3/c1-15-5-6-21-20(7-15)19-3-2-4-22(23(19)26-21)25-14-24-11-16-8-17(12-24)10-18(9-16)13-24;1-4-29-21(28)14-8-10-15(11-9-14)22-17-18(25-20-19(24-17)26-30-27-20)23-16-7-5-6-12(2)13(16)3;1-12-7-9-15(10-8-12)11-17-18(23-20-19(22-17)24-26-25-20)21-16-6-4-5-13(2)14(16)3;1-14-10-11-19-18(12-14)17-9-5-8-16(20(17)21-19)13-15-6-3-2-4-7-15;1-2-21-14(20)9-5-3-8(4-6-9)7-10-11(15)17-13-12(16-10)18-22-19-13/h5-7,16-18,22,25-26H,2-4,8-14H2,1H3;5-11H,4H2,1-3H3,(H,22,24,26)(H,23,25,27);4-10H,11H2,1-3H3,(H,21,23,25);2-4,6-7,10-12,16,21H,5,8-9,13H2,1H3;3-6H,2,7H2,1H3,(H2,15,17,19). The number of nitrogens with zero attached hydrogens (tertiary/aromatic N) is 12. The molecule has 8 N–H and O–H groups in total. The van der Waals surface area contributed by atoms with Gasteiger partial charge in [0.25, 0.3) is 0 Å². The highest BCUT2D eigenvalue weighted by atomic mass is 16.6. The van der Waals surface area contributed by atoms with Crippen LogP contribution in [0, 0.1) is 71.6 Å². The third-order valence-corrected chi connectivity index (χ3v) is 25.3. The summed E-state index contributed by atoms with van der Waals surface area (Å²) >= 11 is 0. The fraction of sp³-hybridized carbons (Fsp3) is 0.333. The predicted octanol–water partition coefficient (Wildman–Crippen LogP) is 20.7. The van der Waals surface area contributed by atoms with Gasteiger partial charge in [0.05, 0.1) is 35.7 Å². The quantitative estimate of drug-likeness (QED) is 0.0370. The van der Waals surface area contributed by atoms with Crippen LogP contribution in [0.1, 0.15) is 200 Å². The van der Waals surface area contributed by atoms with Crippen LogP contribution in [0.3, 0.4) is 0 Å². The summed E-state index contributed by atoms with van der Waals surface area (Å²) in [5.41, 5.74) is 34.4. The van der Waals surface area contributed by atoms with Gasteiger partial charge in [0, 0.05) is 81.6 Å². The lowest BCUT2D eigenvalue weighted by molar-refractivity contribution is -0.0527. The minimum Gasteiger partial charge on any atom is -0.462 e. The molecule has 2 unspecified atom stereocenters. The second kappa shape index (κ2) is 37.2. The molecule has 4 bridgehead atoms. The molecule has 6 aliphatic rings. The van der Waals surface area contributed by atoms with Crippen molar-refractivity contribution in [1.82, 2.24) is 76.1 Å². The Balaban J connectivity index is 0.000000111. The second-order valence-electron chi connectivity index (χ2n) is 34.3. The number of hydrogen-bond donors (Lipinski definition) is 7. The van der Waals surface area contributed by atoms with Crippen LogP contribution in [0.15, 0.2) is 190 Å². The maximum absolute atomic E-state index is 11.8. The molecule has 16 aromatic rings. The maximum atomic E-state index is 11.8. The van der Waals surface area contributed by atoms with Gasteiger partial charge in [0.15, 0.2) is 17.5 Å². The van der Waals surface area contributed by atoms with E-state index in [4.69, 9.17) is 24.5 Å². The first kappa shape index (κ1) is 83.6. The number of rotatable bonds is 19. The van der Waals surface area contributed by atoms with E-state index in [2.05, 4.69) is 228 Å². The molecule has 0 amide bonds. The number of benzene rings is 8. The van der Waals surface area contributed by atoms with Gasteiger partial charge in [0.2, 0.25) is 33.9 Å². The Morgan fingerprint density at radius 3 is 1.47 bits per heavy atom. The summed E-state index contributed by atoms with van der Waals surface area (Å²) in [6, 6.07) is 59.6. The van der Waals surface area contributed by atoms with Gasteiger partial charge < -0.3 is 46.4 Å². The van der Waals surface area contributed by atoms with E-state index in [9.17, 15) is 9.59 Å². The summed E-state index contributed by atoms with van der Waals surface area (Å²) in [6.07, 6.45) is 19.1. The van der Waals surface area contributed by atoms with E-state index in [1.165, 1.54) is 131 Å². The number of aryl methyl sites for hydroxylation is 7. The minimum absolute atomic E-state index is 0.276. The molecule has 22 rings (SSSR count). The van der Waals surface area contributed by atoms with E-state index in [1.54, 1.807) is 80.6 Å². The van der Waals surface area contributed by atoms with Crippen LogP contribution in [0.25, 0.3) is 55.7 Å². The van der Waals surface area contributed by atoms with Crippen LogP contribution in [-0.4, -0.2) is 103 Å². The van der Waals surface area contributed by atoms with E-state index in [-0.39, 0.29) is 29.1 Å². The fourth-order valence-electron chi connectivity index (χ4n) is 19.1. The Bertz CT molecular complexity index is 6480. The topological polar surface area (TPSA) is 352 Å². The number of aromatic amines is 2. The number of hydrogen-bond acceptors (Lipinski definition) is 24. The lowest BCUT2D eigenvalue weighted by Gasteiger charge is -2.57. The number of esters is 2. The van der Waals surface area contributed by atoms with Crippen molar-refractivity contribution in [3.05, 3.63) is 277 Å². The summed E-state index contributed by atoms with van der Waals surface area (Å²) < 4.78 is 24.0. The van der Waals surface area contributed by atoms with E-state index in [0.717, 1.165) is 69.2 Å². The fourth-order valence-corrected chi connectivity index (χ4v) is 19.1. The van der Waals surface area contributed by atoms with Crippen LogP contribution < -0.4 is 27.0 Å². The number of ether oxygens (including phenoxy) is 2. The zero-order chi connectivity index (χ0) is 86.2. The van der Waals surface area contributed by atoms with Gasteiger partial charge in [-0.2, -0.15) is 0 Å². The second-order valence-corrected chi connectivity index (χ2v) is 34.3. The third kappa shape index (κ3) is 19.3. The normalized spacial score (nSPS) is 17.7. The van der Waals surface area contributed by atoms with Crippen LogP contribution >= 0.6 is 0 Å². The van der Waals surface area contributed by atoms with E-state index in [1.807, 2.05) is 56.3 Å². The molecule has 8 aromatic carbocycles. The Morgan fingerprint density at radius 1 is 0.464 bits per heavy atom. The lowest BCUT2D eigenvalue weighted by Crippen LogP contribution is -2.51. The van der Waals surface area contributed by atoms with E-state index in [0.29, 0.717) is 100 Å². The molecule has 2 atom stereocenters. The average Bonchev–Trinajstić information content (AvgIpc) is 0.977. The summed E-state index contributed by atoms with van der Waals surface area (Å²) in [4.78, 5) is 57.4. The monoisotopic (exact) mass is 1670 g/mol. The smallest absolute Gasteiger partial charge is 0.338 e. The van der Waals surface area contributed by atoms with Gasteiger partial charge in [-0.1, -0.05) is 120 Å². The van der Waals surface area contributed by atoms with Crippen LogP contribution in [0.2, 0.25) is 0 Å². The number of aromatic nitrogens is 14. The molecule has 0 radical (unpaired) electrons. The summed E-state index contributed by atoms with van der Waals surface area (Å²) in [6.45, 7) is 20.2. The van der Waals surface area contributed by atoms with Crippen molar-refractivity contribution in [1.29, 1.82) is 0 Å². The molecule has 125 heavy (non-hydrogen) atoms. The van der Waals surface area contributed by atoms with Gasteiger partial charge in [0.1, 0.15) is 5.82 Å². The SMILES string of the molecule is CCOC(=O)c1ccc(Cc2nc3nonc3nc2N)cc1.CCOC(=O)c1ccc(Nc2nc3nonc3nc2Nc2cccc(C)c2C)cc1.Cc1ccc(Cc2nc3nonc3nc2Nc2cccc(C)c2C)cc1.Cc1ccc2[nH]c3c(c2c1)CCCC3Cc1ccccc1.Cc1ccc2[nH]c3c(c2c1)CCCC3NCC12CC3CC(CC(C3)C1)C2. The highest BCUT2D eigenvalue weighted by molar-refractivity contribution is 5.91. The van der Waals surface area contributed by atoms with Crippen molar-refractivity contribution < 1.29 is 32.9 Å². The van der Waals surface area contributed by atoms with Crippen LogP contribution in [0.5, 0.6) is 0 Å². The number of nitrogens with two attached hydrogens (primary N) is 1. The van der Waals surface area contributed by atoms with Gasteiger partial charge in [-0.05, 0) is 323 Å². The largest absolute Gasteiger partial charge is 0.462 e. The van der Waals surface area contributed by atoms with Gasteiger partial charge in [-0.3, -0.25) is 0 Å². The first-order valence-corrected chi connectivity index (χ1v) is 43.6. The molecule has 8 aromatic heterocycles. The third-order valence-electron chi connectivity index (χ3n) is 25.3. The first-order valence-electron chi connectivity index (χ1n) is 43.6. The number of H-pyrrole nitrogens is 2. The predicted molar refractivity (Wildman–Crippen MR) is 486 cm³/mol. The summed E-state index contributed by atoms with van der Waals surface area (Å²) in [5.74, 6) is 4.97. The average molecular weight is 1670 g/mol. The highest BCUT2D eigenvalue weighted by Crippen LogP contribution is 2.60. The molecule has 8 heterocycles. The molecule has 638 valence electrons. The highest BCUT2D eigenvalue weighted by Gasteiger charge is 2.51. The maximum Gasteiger partial charge on any atom is 0.338 e. The molecule has 4 fully saturated rings. The minimum atomic E-state index is -0.365. The molecule has 0 spiro atoms. The van der Waals surface area contributed by atoms with Crippen molar-refractivity contribution in [2.45, 2.75) is 171 Å². The molecule has 6 aliphatic carbocycles. The Kier molecular flexibility index (Phi) is 24.9. The number of nitrogens with one attached hydrogen (secondary N) is 6. The number of carbonyl (C=O) groups excluding carboxylic acids is 2. The Labute approximate surface area is 724 Å². The number of nitrogen functional groups attached to an aromatic ring is 1. The van der Waals surface area contributed by atoms with E-state index >= 15 is 0 Å². The van der Waals surface area contributed by atoms with E-state index < -0.39 is 0 Å². The lowest BCUT2D eigenvalue weighted by atomic mass is 9.49. The number of fused-ring (bicyclic) bond motifs is 9. The molecule has 4 saturated carbocycles. The van der Waals surface area contributed by atoms with Crippen molar-refractivity contribution in [3.8, 4) is 0 Å². The van der Waals surface area contributed by atoms with Crippen molar-refractivity contribution >= 4 is 108 Å². The van der Waals surface area contributed by atoms with Crippen molar-refractivity contribution in [2.24, 2.45) is 23.2 Å². The zero-order valence-electron chi connectivity index (χ0n) is 72.2. The molecule has 0 saturated heterocycles. The van der Waals surface area contributed by atoms with Gasteiger partial charge >= 0.3 is 11.9 Å². The van der Waals surface area contributed by atoms with Crippen LogP contribution in [0.4, 0.5) is 40.3 Å². The zero-order valence-corrected chi connectivity index (χ0v) is 72.2. The molecule has 26 heteroatoms. The number of anilines is 7. The summed E-state index contributed by atoms with van der Waals surface area (Å²) in [5, 5.41) is 39.4. The first-order chi connectivity index (χ1) is 60.8. The molecular weight excluding hydrogens is 1570 g/mol.